The third-order valence-electron chi connectivity index (χ3n) is 4.47. The van der Waals surface area contributed by atoms with E-state index in [0.29, 0.717) is 16.1 Å². The van der Waals surface area contributed by atoms with Crippen molar-refractivity contribution >= 4 is 38.1 Å². The fourth-order valence-corrected chi connectivity index (χ4v) is 4.71. The summed E-state index contributed by atoms with van der Waals surface area (Å²) in [5.41, 5.74) is 2.97. The van der Waals surface area contributed by atoms with Crippen LogP contribution in [0.4, 0.5) is 5.69 Å². The van der Waals surface area contributed by atoms with E-state index in [0.717, 1.165) is 30.5 Å². The Bertz CT molecular complexity index is 1060. The molecule has 0 saturated carbocycles. The molecular formula is C19H17ClN2O2S. The van der Waals surface area contributed by atoms with Crippen LogP contribution in [0.2, 0.25) is 5.02 Å². The Hall–Kier alpha value is -2.08. The summed E-state index contributed by atoms with van der Waals surface area (Å²) in [6.45, 7) is 1.71. The molecule has 25 heavy (non-hydrogen) atoms. The predicted molar refractivity (Wildman–Crippen MR) is 102 cm³/mol. The molecule has 0 radical (unpaired) electrons. The number of hydrogen-bond acceptors (Lipinski definition) is 3. The van der Waals surface area contributed by atoms with Crippen molar-refractivity contribution in [3.8, 4) is 0 Å². The summed E-state index contributed by atoms with van der Waals surface area (Å²) in [7, 11) is -3.71. The molecule has 0 unspecified atom stereocenters. The van der Waals surface area contributed by atoms with Crippen LogP contribution in [0.3, 0.4) is 0 Å². The monoisotopic (exact) mass is 372 g/mol. The van der Waals surface area contributed by atoms with Gasteiger partial charge in [-0.15, -0.1) is 0 Å². The van der Waals surface area contributed by atoms with E-state index in [9.17, 15) is 8.42 Å². The summed E-state index contributed by atoms with van der Waals surface area (Å²) in [6.07, 6.45) is 0.962. The molecule has 3 aromatic rings. The molecule has 0 aliphatic carbocycles. The summed E-state index contributed by atoms with van der Waals surface area (Å²) in [5, 5.41) is 5.17. The Morgan fingerprint density at radius 2 is 1.76 bits per heavy atom. The first-order valence-corrected chi connectivity index (χ1v) is 9.93. The van der Waals surface area contributed by atoms with Gasteiger partial charge in [0.05, 0.1) is 4.90 Å². The molecule has 4 rings (SSSR count). The largest absolute Gasteiger partial charge is 0.312 e. The highest BCUT2D eigenvalue weighted by atomic mass is 35.5. The van der Waals surface area contributed by atoms with Gasteiger partial charge in [0, 0.05) is 28.0 Å². The van der Waals surface area contributed by atoms with Crippen molar-refractivity contribution in [2.24, 2.45) is 0 Å². The highest BCUT2D eigenvalue weighted by molar-refractivity contribution is 7.93. The van der Waals surface area contributed by atoms with Crippen LogP contribution in [0.5, 0.6) is 0 Å². The second-order valence-corrected chi connectivity index (χ2v) is 8.16. The van der Waals surface area contributed by atoms with Gasteiger partial charge in [-0.05, 0) is 48.4 Å². The summed E-state index contributed by atoms with van der Waals surface area (Å²) in [5.74, 6) is 0. The summed E-state index contributed by atoms with van der Waals surface area (Å²) in [6, 6.07) is 16.1. The number of sulfonamides is 1. The van der Waals surface area contributed by atoms with Gasteiger partial charge in [-0.25, -0.2) is 8.42 Å². The van der Waals surface area contributed by atoms with Crippen molar-refractivity contribution in [1.82, 2.24) is 5.32 Å². The zero-order chi connectivity index (χ0) is 17.4. The van der Waals surface area contributed by atoms with Gasteiger partial charge < -0.3 is 5.32 Å². The van der Waals surface area contributed by atoms with Crippen LogP contribution >= 0.6 is 11.6 Å². The first-order valence-electron chi connectivity index (χ1n) is 8.07. The number of halogens is 1. The molecule has 2 N–H and O–H groups in total. The van der Waals surface area contributed by atoms with Gasteiger partial charge in [0.2, 0.25) is 0 Å². The molecule has 0 fully saturated rings. The maximum absolute atomic E-state index is 12.9. The smallest absolute Gasteiger partial charge is 0.262 e. The lowest BCUT2D eigenvalue weighted by Gasteiger charge is -2.18. The van der Waals surface area contributed by atoms with Crippen LogP contribution < -0.4 is 10.0 Å². The SMILES string of the molecule is O=S(=O)(Nc1ccc2c(c1)CNCC2)c1ccc(Cl)c2ccccc12. The van der Waals surface area contributed by atoms with E-state index in [1.54, 1.807) is 18.2 Å². The molecule has 128 valence electrons. The molecular weight excluding hydrogens is 356 g/mol. The van der Waals surface area contributed by atoms with E-state index in [2.05, 4.69) is 10.0 Å². The number of nitrogens with one attached hydrogen (secondary N) is 2. The molecule has 0 bridgehead atoms. The van der Waals surface area contributed by atoms with Gasteiger partial charge in [-0.1, -0.05) is 41.9 Å². The maximum atomic E-state index is 12.9. The van der Waals surface area contributed by atoms with Gasteiger partial charge >= 0.3 is 0 Å². The van der Waals surface area contributed by atoms with Crippen molar-refractivity contribution in [2.75, 3.05) is 11.3 Å². The van der Waals surface area contributed by atoms with Crippen LogP contribution in [0.25, 0.3) is 10.8 Å². The van der Waals surface area contributed by atoms with E-state index in [4.69, 9.17) is 11.6 Å². The van der Waals surface area contributed by atoms with Gasteiger partial charge in [-0.3, -0.25) is 4.72 Å². The third kappa shape index (κ3) is 3.11. The molecule has 6 heteroatoms. The van der Waals surface area contributed by atoms with Gasteiger partial charge in [-0.2, -0.15) is 0 Å². The summed E-state index contributed by atoms with van der Waals surface area (Å²) < 4.78 is 28.5. The Labute approximate surface area is 151 Å². The van der Waals surface area contributed by atoms with E-state index < -0.39 is 10.0 Å². The molecule has 0 atom stereocenters. The first-order chi connectivity index (χ1) is 12.0. The Balaban J connectivity index is 1.75. The second kappa shape index (κ2) is 6.33. The quantitative estimate of drug-likeness (QED) is 0.732. The van der Waals surface area contributed by atoms with Crippen molar-refractivity contribution in [2.45, 2.75) is 17.9 Å². The van der Waals surface area contributed by atoms with Crippen LogP contribution in [0.1, 0.15) is 11.1 Å². The second-order valence-electron chi connectivity index (χ2n) is 6.11. The number of hydrogen-bond donors (Lipinski definition) is 2. The highest BCUT2D eigenvalue weighted by Gasteiger charge is 2.19. The Morgan fingerprint density at radius 3 is 2.60 bits per heavy atom. The third-order valence-corrected chi connectivity index (χ3v) is 6.23. The minimum atomic E-state index is -3.71. The van der Waals surface area contributed by atoms with Crippen molar-refractivity contribution < 1.29 is 8.42 Å². The average Bonchev–Trinajstić information content (AvgIpc) is 2.61. The van der Waals surface area contributed by atoms with Gasteiger partial charge in [0.1, 0.15) is 0 Å². The van der Waals surface area contributed by atoms with Crippen molar-refractivity contribution in [3.63, 3.8) is 0 Å². The van der Waals surface area contributed by atoms with Gasteiger partial charge in [0.25, 0.3) is 10.0 Å². The standard InChI is InChI=1S/C19H17ClN2O2S/c20-18-7-8-19(17-4-2-1-3-16(17)18)25(23,24)22-15-6-5-13-9-10-21-12-14(13)11-15/h1-8,11,21-22H,9-10,12H2. The molecule has 0 saturated heterocycles. The zero-order valence-corrected chi connectivity index (χ0v) is 15.0. The van der Waals surface area contributed by atoms with Crippen LogP contribution in [-0.4, -0.2) is 15.0 Å². The van der Waals surface area contributed by atoms with E-state index >= 15 is 0 Å². The van der Waals surface area contributed by atoms with E-state index in [1.165, 1.54) is 5.56 Å². The molecule has 1 aliphatic rings. The number of rotatable bonds is 3. The number of anilines is 1. The molecule has 0 aromatic heterocycles. The lowest BCUT2D eigenvalue weighted by atomic mass is 10.0. The van der Waals surface area contributed by atoms with Crippen LogP contribution in [0.15, 0.2) is 59.5 Å². The molecule has 0 amide bonds. The van der Waals surface area contributed by atoms with Gasteiger partial charge in [0.15, 0.2) is 0 Å². The molecule has 4 nitrogen and oxygen atoms in total. The minimum absolute atomic E-state index is 0.225. The number of fused-ring (bicyclic) bond motifs is 2. The minimum Gasteiger partial charge on any atom is -0.312 e. The normalized spacial score (nSPS) is 14.3. The Morgan fingerprint density at radius 1 is 0.960 bits per heavy atom. The molecule has 0 spiro atoms. The summed E-state index contributed by atoms with van der Waals surface area (Å²) in [4.78, 5) is 0.225. The molecule has 3 aromatic carbocycles. The molecule has 1 heterocycles. The van der Waals surface area contributed by atoms with Crippen molar-refractivity contribution in [3.05, 3.63) is 70.7 Å². The van der Waals surface area contributed by atoms with E-state index in [-0.39, 0.29) is 4.90 Å². The molecule has 1 aliphatic heterocycles. The van der Waals surface area contributed by atoms with Crippen LogP contribution in [-0.2, 0) is 23.0 Å². The van der Waals surface area contributed by atoms with Crippen LogP contribution in [0, 0.1) is 0 Å². The maximum Gasteiger partial charge on any atom is 0.262 e. The lowest BCUT2D eigenvalue weighted by Crippen LogP contribution is -2.23. The Kier molecular flexibility index (Phi) is 4.15. The lowest BCUT2D eigenvalue weighted by molar-refractivity contribution is 0.602. The topological polar surface area (TPSA) is 58.2 Å². The first kappa shape index (κ1) is 16.4. The highest BCUT2D eigenvalue weighted by Crippen LogP contribution is 2.30. The fraction of sp³-hybridized carbons (Fsp3) is 0.158. The number of benzene rings is 3. The predicted octanol–water partition coefficient (Wildman–Crippen LogP) is 3.94. The van der Waals surface area contributed by atoms with E-state index in [1.807, 2.05) is 36.4 Å². The summed E-state index contributed by atoms with van der Waals surface area (Å²) >= 11 is 6.20. The van der Waals surface area contributed by atoms with Crippen molar-refractivity contribution in [1.29, 1.82) is 0 Å². The fourth-order valence-electron chi connectivity index (χ4n) is 3.22. The average molecular weight is 373 g/mol. The zero-order valence-electron chi connectivity index (χ0n) is 13.4.